The van der Waals surface area contributed by atoms with Crippen LogP contribution in [-0.2, 0) is 9.59 Å². The molecule has 1 atom stereocenters. The van der Waals surface area contributed by atoms with E-state index in [9.17, 15) is 18.0 Å². The molecule has 0 aromatic heterocycles. The Balaban J connectivity index is 0.000000270. The van der Waals surface area contributed by atoms with Crippen LogP contribution in [0.4, 0.5) is 13.2 Å². The van der Waals surface area contributed by atoms with E-state index in [4.69, 9.17) is 15.2 Å². The van der Waals surface area contributed by atoms with Crippen molar-refractivity contribution in [2.24, 2.45) is 0 Å². The highest BCUT2D eigenvalue weighted by molar-refractivity contribution is 5.85. The quantitative estimate of drug-likeness (QED) is 0.827. The fourth-order valence-electron chi connectivity index (χ4n) is 1.70. The highest BCUT2D eigenvalue weighted by Gasteiger charge is 2.38. The number of carboxylic acid groups (broad SMARTS) is 1. The van der Waals surface area contributed by atoms with Crippen molar-refractivity contribution >= 4 is 11.9 Å². The van der Waals surface area contributed by atoms with E-state index in [1.54, 1.807) is 12.1 Å². The largest absolute Gasteiger partial charge is 0.490 e. The average molecular weight is 300 g/mol. The van der Waals surface area contributed by atoms with Crippen molar-refractivity contribution in [3.8, 4) is 6.07 Å². The number of rotatable bonds is 1. The molecule has 21 heavy (non-hydrogen) atoms. The molecule has 0 aliphatic carbocycles. The molecule has 1 aliphatic heterocycles. The molecule has 1 aromatic carbocycles. The Morgan fingerprint density at radius 3 is 2.19 bits per heavy atom. The zero-order valence-corrected chi connectivity index (χ0v) is 10.6. The first kappa shape index (κ1) is 16.5. The molecule has 2 rings (SSSR count). The minimum absolute atomic E-state index is 0.0252. The van der Waals surface area contributed by atoms with E-state index in [1.165, 1.54) is 0 Å². The van der Waals surface area contributed by atoms with E-state index in [0.29, 0.717) is 5.56 Å². The summed E-state index contributed by atoms with van der Waals surface area (Å²) in [5.74, 6) is -2.69. The van der Waals surface area contributed by atoms with Crippen molar-refractivity contribution in [1.29, 1.82) is 5.26 Å². The number of amides is 1. The minimum Gasteiger partial charge on any atom is -0.475 e. The molecule has 1 aliphatic rings. The smallest absolute Gasteiger partial charge is 0.475 e. The van der Waals surface area contributed by atoms with Gasteiger partial charge >= 0.3 is 12.1 Å². The normalized spacial score (nSPS) is 17.2. The van der Waals surface area contributed by atoms with Crippen LogP contribution in [0.5, 0.6) is 0 Å². The SMILES string of the molecule is N#Cc1ccc(C2CCNC2=O)cc1.O=C(O)C(F)(F)F. The van der Waals surface area contributed by atoms with Crippen molar-refractivity contribution < 1.29 is 27.9 Å². The molecule has 0 radical (unpaired) electrons. The van der Waals surface area contributed by atoms with Crippen molar-refractivity contribution in [3.05, 3.63) is 35.4 Å². The third-order valence-corrected chi connectivity index (χ3v) is 2.73. The third kappa shape index (κ3) is 4.80. The number of nitriles is 1. The highest BCUT2D eigenvalue weighted by Crippen LogP contribution is 2.23. The Morgan fingerprint density at radius 1 is 1.33 bits per heavy atom. The number of hydrogen-bond acceptors (Lipinski definition) is 3. The van der Waals surface area contributed by atoms with Crippen molar-refractivity contribution in [2.45, 2.75) is 18.5 Å². The Labute approximate surface area is 118 Å². The van der Waals surface area contributed by atoms with Gasteiger partial charge in [-0.3, -0.25) is 4.79 Å². The molecule has 0 bridgehead atoms. The Kier molecular flexibility index (Phi) is 5.30. The fraction of sp³-hybridized carbons (Fsp3) is 0.308. The first-order chi connectivity index (χ1) is 9.75. The summed E-state index contributed by atoms with van der Waals surface area (Å²) >= 11 is 0. The molecule has 0 spiro atoms. The van der Waals surface area contributed by atoms with Gasteiger partial charge in [-0.2, -0.15) is 18.4 Å². The molecule has 8 heteroatoms. The molecule has 1 unspecified atom stereocenters. The van der Waals surface area contributed by atoms with Gasteiger partial charge in [-0.25, -0.2) is 4.79 Å². The monoisotopic (exact) mass is 300 g/mol. The number of nitrogens with zero attached hydrogens (tertiary/aromatic N) is 1. The molecule has 112 valence electrons. The van der Waals surface area contributed by atoms with Gasteiger partial charge in [0.25, 0.3) is 0 Å². The van der Waals surface area contributed by atoms with Crippen LogP contribution in [0, 0.1) is 11.3 Å². The van der Waals surface area contributed by atoms with Crippen LogP contribution in [0.15, 0.2) is 24.3 Å². The fourth-order valence-corrected chi connectivity index (χ4v) is 1.70. The summed E-state index contributed by atoms with van der Waals surface area (Å²) in [6.45, 7) is 0.753. The van der Waals surface area contributed by atoms with Gasteiger partial charge < -0.3 is 10.4 Å². The number of benzene rings is 1. The number of carboxylic acids is 1. The number of nitrogens with one attached hydrogen (secondary N) is 1. The van der Waals surface area contributed by atoms with E-state index < -0.39 is 12.1 Å². The number of carbonyl (C=O) groups excluding carboxylic acids is 1. The number of halogens is 3. The molecule has 2 N–H and O–H groups in total. The lowest BCUT2D eigenvalue weighted by atomic mass is 9.97. The number of aliphatic carboxylic acids is 1. The molecule has 1 amide bonds. The minimum atomic E-state index is -5.08. The average Bonchev–Trinajstić information content (AvgIpc) is 2.85. The lowest BCUT2D eigenvalue weighted by Gasteiger charge is -2.06. The maximum Gasteiger partial charge on any atom is 0.490 e. The molecular formula is C13H11F3N2O3. The molecule has 5 nitrogen and oxygen atoms in total. The maximum absolute atomic E-state index is 11.4. The zero-order valence-electron chi connectivity index (χ0n) is 10.6. The number of alkyl halides is 3. The van der Waals surface area contributed by atoms with E-state index in [2.05, 4.69) is 11.4 Å². The van der Waals surface area contributed by atoms with Crippen molar-refractivity contribution in [2.75, 3.05) is 6.54 Å². The van der Waals surface area contributed by atoms with Crippen LogP contribution in [0.25, 0.3) is 0 Å². The predicted octanol–water partition coefficient (Wildman–Crippen LogP) is 1.80. The second kappa shape index (κ2) is 6.74. The van der Waals surface area contributed by atoms with Crippen LogP contribution in [-0.4, -0.2) is 29.7 Å². The van der Waals surface area contributed by atoms with Gasteiger partial charge in [-0.15, -0.1) is 0 Å². The van der Waals surface area contributed by atoms with Gasteiger partial charge in [-0.1, -0.05) is 12.1 Å². The predicted molar refractivity (Wildman–Crippen MR) is 65.2 cm³/mol. The van der Waals surface area contributed by atoms with Gasteiger partial charge in [0, 0.05) is 6.54 Å². The summed E-state index contributed by atoms with van der Waals surface area (Å²) in [5.41, 5.74) is 1.63. The third-order valence-electron chi connectivity index (χ3n) is 2.73. The highest BCUT2D eigenvalue weighted by atomic mass is 19.4. The van der Waals surface area contributed by atoms with E-state index >= 15 is 0 Å². The topological polar surface area (TPSA) is 90.2 Å². The van der Waals surface area contributed by atoms with Crippen LogP contribution in [0.1, 0.15) is 23.5 Å². The molecule has 0 saturated carbocycles. The first-order valence-electron chi connectivity index (χ1n) is 5.83. The summed E-state index contributed by atoms with van der Waals surface area (Å²) in [4.78, 5) is 20.2. The lowest BCUT2D eigenvalue weighted by molar-refractivity contribution is -0.192. The second-order valence-electron chi connectivity index (χ2n) is 4.17. The number of carbonyl (C=O) groups is 2. The van der Waals surface area contributed by atoms with E-state index in [0.717, 1.165) is 18.5 Å². The summed E-state index contributed by atoms with van der Waals surface area (Å²) in [6, 6.07) is 9.27. The summed E-state index contributed by atoms with van der Waals surface area (Å²) in [5, 5.41) is 18.5. The Bertz CT molecular complexity index is 562. The van der Waals surface area contributed by atoms with Crippen LogP contribution in [0.2, 0.25) is 0 Å². The first-order valence-corrected chi connectivity index (χ1v) is 5.83. The second-order valence-corrected chi connectivity index (χ2v) is 4.17. The van der Waals surface area contributed by atoms with Gasteiger partial charge in [0.1, 0.15) is 0 Å². The number of hydrogen-bond donors (Lipinski definition) is 2. The van der Waals surface area contributed by atoms with Crippen molar-refractivity contribution in [3.63, 3.8) is 0 Å². The zero-order chi connectivity index (χ0) is 16.0. The molecular weight excluding hydrogens is 289 g/mol. The molecule has 1 saturated heterocycles. The summed E-state index contributed by atoms with van der Waals surface area (Å²) in [6.07, 6.45) is -4.23. The van der Waals surface area contributed by atoms with Gasteiger partial charge in [0.05, 0.1) is 17.6 Å². The summed E-state index contributed by atoms with van der Waals surface area (Å²) in [7, 11) is 0. The van der Waals surface area contributed by atoms with E-state index in [1.807, 2.05) is 12.1 Å². The lowest BCUT2D eigenvalue weighted by Crippen LogP contribution is -2.21. The standard InChI is InChI=1S/C11H10N2O.C2HF3O2/c12-7-8-1-3-9(4-2-8)10-5-6-13-11(10)14;3-2(4,5)1(6)7/h1-4,10H,5-6H2,(H,13,14);(H,6,7). The molecule has 1 aromatic rings. The van der Waals surface area contributed by atoms with E-state index in [-0.39, 0.29) is 11.8 Å². The van der Waals surface area contributed by atoms with Crippen molar-refractivity contribution in [1.82, 2.24) is 5.32 Å². The Hall–Kier alpha value is -2.56. The van der Waals surface area contributed by atoms with Gasteiger partial charge in [0.2, 0.25) is 5.91 Å². The maximum atomic E-state index is 11.4. The van der Waals surface area contributed by atoms with Crippen LogP contribution >= 0.6 is 0 Å². The van der Waals surface area contributed by atoms with Gasteiger partial charge in [-0.05, 0) is 24.1 Å². The van der Waals surface area contributed by atoms with Gasteiger partial charge in [0.15, 0.2) is 0 Å². The molecule has 1 heterocycles. The van der Waals surface area contributed by atoms with Crippen LogP contribution < -0.4 is 5.32 Å². The summed E-state index contributed by atoms with van der Waals surface area (Å²) < 4.78 is 31.7. The van der Waals surface area contributed by atoms with Crippen LogP contribution in [0.3, 0.4) is 0 Å². The molecule has 1 fully saturated rings. The Morgan fingerprint density at radius 2 is 1.86 bits per heavy atom.